The highest BCUT2D eigenvalue weighted by molar-refractivity contribution is 7.89. The van der Waals surface area contributed by atoms with Gasteiger partial charge in [-0.3, -0.25) is 4.79 Å². The SMILES string of the molecule is CCCN(CC(=O)Nc1ccccc1OC)S(=O)(=O)c1ccc(OC)c(OC)c1. The molecule has 0 radical (unpaired) electrons. The summed E-state index contributed by atoms with van der Waals surface area (Å²) in [4.78, 5) is 12.6. The Morgan fingerprint density at radius 1 is 0.966 bits per heavy atom. The first-order chi connectivity index (χ1) is 13.9. The molecule has 1 N–H and O–H groups in total. The lowest BCUT2D eigenvalue weighted by atomic mass is 10.3. The number of methoxy groups -OCH3 is 3. The van der Waals surface area contributed by atoms with Crippen molar-refractivity contribution in [1.82, 2.24) is 4.31 Å². The zero-order valence-electron chi connectivity index (χ0n) is 17.0. The van der Waals surface area contributed by atoms with Crippen LogP contribution < -0.4 is 19.5 Å². The fourth-order valence-electron chi connectivity index (χ4n) is 2.76. The van der Waals surface area contributed by atoms with Gasteiger partial charge >= 0.3 is 0 Å². The number of rotatable bonds is 10. The van der Waals surface area contributed by atoms with Gasteiger partial charge in [0.1, 0.15) is 5.75 Å². The summed E-state index contributed by atoms with van der Waals surface area (Å²) < 4.78 is 43.0. The molecule has 0 unspecified atom stereocenters. The lowest BCUT2D eigenvalue weighted by Gasteiger charge is -2.22. The molecule has 0 fully saturated rings. The molecule has 2 aromatic carbocycles. The molecule has 0 saturated carbocycles. The van der Waals surface area contributed by atoms with E-state index >= 15 is 0 Å². The highest BCUT2D eigenvalue weighted by Crippen LogP contribution is 2.31. The highest BCUT2D eigenvalue weighted by Gasteiger charge is 2.27. The van der Waals surface area contributed by atoms with Crippen LogP contribution in [0.1, 0.15) is 13.3 Å². The molecule has 29 heavy (non-hydrogen) atoms. The van der Waals surface area contributed by atoms with Crippen molar-refractivity contribution in [3.63, 3.8) is 0 Å². The van der Waals surface area contributed by atoms with E-state index in [1.54, 1.807) is 24.3 Å². The highest BCUT2D eigenvalue weighted by atomic mass is 32.2. The third-order valence-electron chi connectivity index (χ3n) is 4.17. The quantitative estimate of drug-likeness (QED) is 0.633. The Morgan fingerprint density at radius 3 is 2.24 bits per heavy atom. The van der Waals surface area contributed by atoms with E-state index in [4.69, 9.17) is 14.2 Å². The number of nitrogens with zero attached hydrogens (tertiary/aromatic N) is 1. The Hall–Kier alpha value is -2.78. The molecule has 2 aromatic rings. The molecule has 1 amide bonds. The molecule has 0 atom stereocenters. The van der Waals surface area contributed by atoms with Crippen molar-refractivity contribution in [2.24, 2.45) is 0 Å². The van der Waals surface area contributed by atoms with E-state index in [9.17, 15) is 13.2 Å². The first-order valence-corrected chi connectivity index (χ1v) is 10.5. The van der Waals surface area contributed by atoms with Gasteiger partial charge in [0.25, 0.3) is 0 Å². The van der Waals surface area contributed by atoms with E-state index in [1.165, 1.54) is 39.5 Å². The van der Waals surface area contributed by atoms with Gasteiger partial charge in [-0.15, -0.1) is 0 Å². The summed E-state index contributed by atoms with van der Waals surface area (Å²) in [5, 5.41) is 2.70. The van der Waals surface area contributed by atoms with Crippen molar-refractivity contribution in [2.75, 3.05) is 39.7 Å². The first-order valence-electron chi connectivity index (χ1n) is 9.02. The van der Waals surface area contributed by atoms with Crippen molar-refractivity contribution in [3.8, 4) is 17.2 Å². The van der Waals surface area contributed by atoms with Crippen LogP contribution in [0.15, 0.2) is 47.4 Å². The average molecular weight is 423 g/mol. The maximum atomic E-state index is 13.1. The van der Waals surface area contributed by atoms with Crippen LogP contribution in [0.4, 0.5) is 5.69 Å². The molecular weight excluding hydrogens is 396 g/mol. The summed E-state index contributed by atoms with van der Waals surface area (Å²) in [7, 11) is 0.477. The van der Waals surface area contributed by atoms with Gasteiger partial charge < -0.3 is 19.5 Å². The monoisotopic (exact) mass is 422 g/mol. The molecule has 0 aliphatic carbocycles. The van der Waals surface area contributed by atoms with Gasteiger partial charge in [0.15, 0.2) is 11.5 Å². The summed E-state index contributed by atoms with van der Waals surface area (Å²) >= 11 is 0. The number of hydrogen-bond acceptors (Lipinski definition) is 6. The molecule has 0 aliphatic rings. The smallest absolute Gasteiger partial charge is 0.243 e. The van der Waals surface area contributed by atoms with Crippen molar-refractivity contribution in [2.45, 2.75) is 18.2 Å². The van der Waals surface area contributed by atoms with Gasteiger partial charge in [0.2, 0.25) is 15.9 Å². The van der Waals surface area contributed by atoms with Crippen molar-refractivity contribution in [1.29, 1.82) is 0 Å². The van der Waals surface area contributed by atoms with Crippen LogP contribution in [0.25, 0.3) is 0 Å². The molecular formula is C20H26N2O6S. The first kappa shape index (κ1) is 22.5. The molecule has 0 bridgehead atoms. The molecule has 9 heteroatoms. The standard InChI is InChI=1S/C20H26N2O6S/c1-5-12-22(14-20(23)21-16-8-6-7-9-17(16)26-2)29(24,25)15-10-11-18(27-3)19(13-15)28-4/h6-11,13H,5,12,14H2,1-4H3,(H,21,23). The van der Waals surface area contributed by atoms with Crippen LogP contribution in [0.3, 0.4) is 0 Å². The molecule has 158 valence electrons. The van der Waals surface area contributed by atoms with Crippen LogP contribution in [0.2, 0.25) is 0 Å². The van der Waals surface area contributed by atoms with Crippen LogP contribution in [0, 0.1) is 0 Å². The second-order valence-corrected chi connectivity index (χ2v) is 8.04. The van der Waals surface area contributed by atoms with Gasteiger partial charge in [-0.25, -0.2) is 8.42 Å². The average Bonchev–Trinajstić information content (AvgIpc) is 2.73. The number of para-hydroxylation sites is 2. The fourth-order valence-corrected chi connectivity index (χ4v) is 4.26. The van der Waals surface area contributed by atoms with E-state index in [0.29, 0.717) is 29.4 Å². The largest absolute Gasteiger partial charge is 0.495 e. The van der Waals surface area contributed by atoms with Gasteiger partial charge in [-0.2, -0.15) is 4.31 Å². The summed E-state index contributed by atoms with van der Waals surface area (Å²) in [6.45, 7) is 1.70. The van der Waals surface area contributed by atoms with Crippen molar-refractivity contribution in [3.05, 3.63) is 42.5 Å². The Bertz CT molecular complexity index is 946. The maximum Gasteiger partial charge on any atom is 0.243 e. The second kappa shape index (κ2) is 10.1. The number of ether oxygens (including phenoxy) is 3. The summed E-state index contributed by atoms with van der Waals surface area (Å²) in [6.07, 6.45) is 0.550. The van der Waals surface area contributed by atoms with Crippen LogP contribution in [-0.4, -0.2) is 53.0 Å². The van der Waals surface area contributed by atoms with E-state index in [-0.39, 0.29) is 18.0 Å². The normalized spacial score (nSPS) is 11.2. The molecule has 0 heterocycles. The topological polar surface area (TPSA) is 94.2 Å². The van der Waals surface area contributed by atoms with E-state index in [2.05, 4.69) is 5.32 Å². The number of carbonyl (C=O) groups is 1. The zero-order chi connectivity index (χ0) is 21.4. The summed E-state index contributed by atoms with van der Waals surface area (Å²) in [6, 6.07) is 11.3. The zero-order valence-corrected chi connectivity index (χ0v) is 17.8. The lowest BCUT2D eigenvalue weighted by Crippen LogP contribution is -2.38. The number of nitrogens with one attached hydrogen (secondary N) is 1. The number of anilines is 1. The van der Waals surface area contributed by atoms with Crippen LogP contribution in [-0.2, 0) is 14.8 Å². The van der Waals surface area contributed by atoms with Crippen LogP contribution in [0.5, 0.6) is 17.2 Å². The third-order valence-corrected chi connectivity index (χ3v) is 6.01. The molecule has 2 rings (SSSR count). The Labute approximate surface area is 171 Å². The van der Waals surface area contributed by atoms with Gasteiger partial charge in [0.05, 0.1) is 38.5 Å². The Kier molecular flexibility index (Phi) is 7.86. The molecule has 8 nitrogen and oxygen atoms in total. The van der Waals surface area contributed by atoms with Gasteiger partial charge in [-0.05, 0) is 30.7 Å². The predicted octanol–water partition coefficient (Wildman–Crippen LogP) is 2.75. The predicted molar refractivity (Wildman–Crippen MR) is 110 cm³/mol. The molecule has 0 saturated heterocycles. The molecule has 0 aliphatic heterocycles. The van der Waals surface area contributed by atoms with Crippen LogP contribution >= 0.6 is 0 Å². The van der Waals surface area contributed by atoms with E-state index < -0.39 is 15.9 Å². The Balaban J connectivity index is 2.26. The van der Waals surface area contributed by atoms with Crippen molar-refractivity contribution < 1.29 is 27.4 Å². The van der Waals surface area contributed by atoms with Gasteiger partial charge in [0, 0.05) is 12.6 Å². The summed E-state index contributed by atoms with van der Waals surface area (Å²) in [5.41, 5.74) is 0.472. The fraction of sp³-hybridized carbons (Fsp3) is 0.350. The Morgan fingerprint density at radius 2 is 1.62 bits per heavy atom. The van der Waals surface area contributed by atoms with E-state index in [1.807, 2.05) is 6.92 Å². The van der Waals surface area contributed by atoms with E-state index in [0.717, 1.165) is 4.31 Å². The lowest BCUT2D eigenvalue weighted by molar-refractivity contribution is -0.116. The number of amides is 1. The minimum atomic E-state index is -3.92. The van der Waals surface area contributed by atoms with Crippen molar-refractivity contribution >= 4 is 21.6 Å². The minimum absolute atomic E-state index is 0.0219. The maximum absolute atomic E-state index is 13.1. The second-order valence-electron chi connectivity index (χ2n) is 6.10. The number of carbonyl (C=O) groups excluding carboxylic acids is 1. The molecule has 0 aromatic heterocycles. The summed E-state index contributed by atoms with van der Waals surface area (Å²) in [5.74, 6) is 0.739. The molecule has 0 spiro atoms. The number of benzene rings is 2. The van der Waals surface area contributed by atoms with Gasteiger partial charge in [-0.1, -0.05) is 19.1 Å². The minimum Gasteiger partial charge on any atom is -0.495 e. The number of sulfonamides is 1. The third kappa shape index (κ3) is 5.39. The number of hydrogen-bond donors (Lipinski definition) is 1.